The van der Waals surface area contributed by atoms with E-state index >= 15 is 0 Å². The molecule has 2 N–H and O–H groups in total. The van der Waals surface area contributed by atoms with Gasteiger partial charge < -0.3 is 20.3 Å². The molecule has 7 nitrogen and oxygen atoms in total. The summed E-state index contributed by atoms with van der Waals surface area (Å²) in [5.41, 5.74) is 3.28. The number of amides is 1. The number of anilines is 4. The second kappa shape index (κ2) is 9.05. The maximum absolute atomic E-state index is 12.4. The van der Waals surface area contributed by atoms with E-state index in [1.807, 2.05) is 80.5 Å². The lowest BCUT2D eigenvalue weighted by Crippen LogP contribution is -2.15. The van der Waals surface area contributed by atoms with Gasteiger partial charge in [0.25, 0.3) is 0 Å². The molecule has 0 bridgehead atoms. The molecule has 3 aromatic rings. The predicted octanol–water partition coefficient (Wildman–Crippen LogP) is 3.78. The molecule has 1 aromatic heterocycles. The highest BCUT2D eigenvalue weighted by molar-refractivity contribution is 5.92. The van der Waals surface area contributed by atoms with E-state index in [2.05, 4.69) is 20.6 Å². The number of methoxy groups -OCH3 is 1. The first-order chi connectivity index (χ1) is 13.9. The highest BCUT2D eigenvalue weighted by atomic mass is 16.5. The van der Waals surface area contributed by atoms with Gasteiger partial charge in [-0.05, 0) is 37.3 Å². The summed E-state index contributed by atoms with van der Waals surface area (Å²) in [5.74, 6) is 1.96. The van der Waals surface area contributed by atoms with Crippen LogP contribution in [0.5, 0.6) is 5.75 Å². The van der Waals surface area contributed by atoms with Crippen molar-refractivity contribution in [1.29, 1.82) is 0 Å². The molecule has 0 fully saturated rings. The summed E-state index contributed by atoms with van der Waals surface area (Å²) in [6.45, 7) is 1.93. The molecule has 0 aliphatic heterocycles. The quantitative estimate of drug-likeness (QED) is 0.638. The zero-order valence-electron chi connectivity index (χ0n) is 17.1. The summed E-state index contributed by atoms with van der Waals surface area (Å²) in [5, 5.41) is 6.10. The molecule has 0 radical (unpaired) electrons. The standard InChI is InChI=1S/C22H25N5O2/c1-15-13-20(27(2)3)26-22(23-15)25-18-11-9-17(10-12-18)24-21(28)14-16-7-5-6-8-19(16)29-4/h5-13H,14H2,1-4H3,(H,24,28)(H,23,25,26). The number of rotatable bonds is 7. The van der Waals surface area contributed by atoms with E-state index in [-0.39, 0.29) is 12.3 Å². The molecule has 1 amide bonds. The molecule has 7 heteroatoms. The Balaban J connectivity index is 1.64. The fourth-order valence-corrected chi connectivity index (χ4v) is 2.83. The molecule has 3 rings (SSSR count). The number of aryl methyl sites for hydroxylation is 1. The van der Waals surface area contributed by atoms with Crippen LogP contribution >= 0.6 is 0 Å². The van der Waals surface area contributed by atoms with Gasteiger partial charge in [-0.2, -0.15) is 4.98 Å². The van der Waals surface area contributed by atoms with Crippen molar-refractivity contribution < 1.29 is 9.53 Å². The van der Waals surface area contributed by atoms with Crippen LogP contribution in [0.2, 0.25) is 0 Å². The molecule has 0 unspecified atom stereocenters. The Morgan fingerprint density at radius 2 is 1.72 bits per heavy atom. The molecular weight excluding hydrogens is 366 g/mol. The molecule has 0 saturated heterocycles. The van der Waals surface area contributed by atoms with Gasteiger partial charge in [-0.25, -0.2) is 4.98 Å². The Kier molecular flexibility index (Phi) is 6.29. The van der Waals surface area contributed by atoms with Crippen molar-refractivity contribution in [1.82, 2.24) is 9.97 Å². The fourth-order valence-electron chi connectivity index (χ4n) is 2.83. The average molecular weight is 391 g/mol. The van der Waals surface area contributed by atoms with E-state index in [4.69, 9.17) is 4.74 Å². The number of nitrogens with zero attached hydrogens (tertiary/aromatic N) is 3. The third-order valence-electron chi connectivity index (χ3n) is 4.27. The molecule has 0 aliphatic rings. The third kappa shape index (κ3) is 5.44. The number of aromatic nitrogens is 2. The van der Waals surface area contributed by atoms with Crippen molar-refractivity contribution in [3.63, 3.8) is 0 Å². The van der Waals surface area contributed by atoms with Crippen LogP contribution < -0.4 is 20.3 Å². The van der Waals surface area contributed by atoms with Crippen LogP contribution in [0.15, 0.2) is 54.6 Å². The minimum absolute atomic E-state index is 0.104. The maximum atomic E-state index is 12.4. The van der Waals surface area contributed by atoms with Crippen LogP contribution in [0.1, 0.15) is 11.3 Å². The second-order valence-corrected chi connectivity index (χ2v) is 6.82. The maximum Gasteiger partial charge on any atom is 0.229 e. The van der Waals surface area contributed by atoms with Crippen LogP contribution in [0.4, 0.5) is 23.1 Å². The van der Waals surface area contributed by atoms with Crippen LogP contribution in [-0.4, -0.2) is 37.1 Å². The van der Waals surface area contributed by atoms with Gasteiger partial charge in [-0.1, -0.05) is 18.2 Å². The molecule has 2 aromatic carbocycles. The molecule has 1 heterocycles. The van der Waals surface area contributed by atoms with Gasteiger partial charge in [0, 0.05) is 42.8 Å². The zero-order chi connectivity index (χ0) is 20.8. The molecule has 150 valence electrons. The Bertz CT molecular complexity index is 987. The number of benzene rings is 2. The lowest BCUT2D eigenvalue weighted by Gasteiger charge is -2.14. The first kappa shape index (κ1) is 20.1. The minimum atomic E-state index is -0.104. The van der Waals surface area contributed by atoms with E-state index in [9.17, 15) is 4.79 Å². The molecule has 0 spiro atoms. The Morgan fingerprint density at radius 3 is 2.41 bits per heavy atom. The predicted molar refractivity (Wildman–Crippen MR) is 116 cm³/mol. The third-order valence-corrected chi connectivity index (χ3v) is 4.27. The summed E-state index contributed by atoms with van der Waals surface area (Å²) >= 11 is 0. The number of nitrogens with one attached hydrogen (secondary N) is 2. The molecule has 29 heavy (non-hydrogen) atoms. The summed E-state index contributed by atoms with van der Waals surface area (Å²) in [7, 11) is 5.48. The van der Waals surface area contributed by atoms with E-state index < -0.39 is 0 Å². The first-order valence-corrected chi connectivity index (χ1v) is 9.26. The SMILES string of the molecule is COc1ccccc1CC(=O)Nc1ccc(Nc2nc(C)cc(N(C)C)n2)cc1. The number of carbonyl (C=O) groups is 1. The topological polar surface area (TPSA) is 79.4 Å². The first-order valence-electron chi connectivity index (χ1n) is 9.26. The van der Waals surface area contributed by atoms with Gasteiger partial charge in [0.05, 0.1) is 13.5 Å². The van der Waals surface area contributed by atoms with Crippen LogP contribution in [0, 0.1) is 6.92 Å². The number of carbonyl (C=O) groups excluding carboxylic acids is 1. The van der Waals surface area contributed by atoms with Crippen molar-refractivity contribution in [3.05, 3.63) is 65.9 Å². The van der Waals surface area contributed by atoms with Gasteiger partial charge in [-0.3, -0.25) is 4.79 Å². The van der Waals surface area contributed by atoms with Crippen molar-refractivity contribution in [2.45, 2.75) is 13.3 Å². The van der Waals surface area contributed by atoms with Crippen molar-refractivity contribution in [2.75, 3.05) is 36.7 Å². The van der Waals surface area contributed by atoms with E-state index in [0.29, 0.717) is 11.7 Å². The number of ether oxygens (including phenoxy) is 1. The summed E-state index contributed by atoms with van der Waals surface area (Å²) in [6, 6.07) is 16.8. The van der Waals surface area contributed by atoms with Crippen LogP contribution in [-0.2, 0) is 11.2 Å². The van der Waals surface area contributed by atoms with Gasteiger partial charge in [-0.15, -0.1) is 0 Å². The fraction of sp³-hybridized carbons (Fsp3) is 0.227. The summed E-state index contributed by atoms with van der Waals surface area (Å²) < 4.78 is 5.30. The largest absolute Gasteiger partial charge is 0.496 e. The van der Waals surface area contributed by atoms with E-state index in [1.165, 1.54) is 0 Å². The van der Waals surface area contributed by atoms with Gasteiger partial charge >= 0.3 is 0 Å². The molecule has 0 aliphatic carbocycles. The van der Waals surface area contributed by atoms with Gasteiger partial charge in [0.15, 0.2) is 0 Å². The van der Waals surface area contributed by atoms with Crippen LogP contribution in [0.25, 0.3) is 0 Å². The van der Waals surface area contributed by atoms with E-state index in [0.717, 1.165) is 28.5 Å². The van der Waals surface area contributed by atoms with Crippen molar-refractivity contribution in [2.24, 2.45) is 0 Å². The highest BCUT2D eigenvalue weighted by Crippen LogP contribution is 2.21. The molecule has 0 atom stereocenters. The number of hydrogen-bond acceptors (Lipinski definition) is 6. The minimum Gasteiger partial charge on any atom is -0.496 e. The number of hydrogen-bond donors (Lipinski definition) is 2. The van der Waals surface area contributed by atoms with Gasteiger partial charge in [0.2, 0.25) is 11.9 Å². The normalized spacial score (nSPS) is 10.3. The van der Waals surface area contributed by atoms with Crippen molar-refractivity contribution >= 4 is 29.0 Å². The molecule has 0 saturated carbocycles. The molecular formula is C22H25N5O2. The Morgan fingerprint density at radius 1 is 1.03 bits per heavy atom. The average Bonchev–Trinajstić information content (AvgIpc) is 2.69. The Hall–Kier alpha value is -3.61. The van der Waals surface area contributed by atoms with Gasteiger partial charge in [0.1, 0.15) is 11.6 Å². The smallest absolute Gasteiger partial charge is 0.229 e. The summed E-state index contributed by atoms with van der Waals surface area (Å²) in [4.78, 5) is 23.2. The monoisotopic (exact) mass is 391 g/mol. The zero-order valence-corrected chi connectivity index (χ0v) is 17.1. The van der Waals surface area contributed by atoms with Crippen LogP contribution in [0.3, 0.4) is 0 Å². The summed E-state index contributed by atoms with van der Waals surface area (Å²) in [6.07, 6.45) is 0.245. The second-order valence-electron chi connectivity index (χ2n) is 6.82. The lowest BCUT2D eigenvalue weighted by molar-refractivity contribution is -0.115. The van der Waals surface area contributed by atoms with E-state index in [1.54, 1.807) is 7.11 Å². The lowest BCUT2D eigenvalue weighted by atomic mass is 10.1. The number of para-hydroxylation sites is 1. The highest BCUT2D eigenvalue weighted by Gasteiger charge is 2.09. The van der Waals surface area contributed by atoms with Crippen molar-refractivity contribution in [3.8, 4) is 5.75 Å². The Labute approximate surface area is 170 Å².